The van der Waals surface area contributed by atoms with Crippen molar-refractivity contribution >= 4 is 22.1 Å². The number of fused-ring (bicyclic) bond motifs is 5. The first-order valence-corrected chi connectivity index (χ1v) is 18.7. The van der Waals surface area contributed by atoms with Crippen molar-refractivity contribution in [2.75, 3.05) is 0 Å². The molecule has 0 N–H and O–H groups in total. The summed E-state index contributed by atoms with van der Waals surface area (Å²) in [7, 11) is 0. The van der Waals surface area contributed by atoms with Crippen molar-refractivity contribution in [2.24, 2.45) is 10.9 Å². The fourth-order valence-corrected chi connectivity index (χ4v) is 8.70. The van der Waals surface area contributed by atoms with Gasteiger partial charge in [0, 0.05) is 11.6 Å². The van der Waals surface area contributed by atoms with E-state index in [0.29, 0.717) is 5.92 Å². The average Bonchev–Trinajstić information content (AvgIpc) is 3.87. The highest BCUT2D eigenvalue weighted by Gasteiger charge is 2.26. The van der Waals surface area contributed by atoms with Gasteiger partial charge < -0.3 is 0 Å². The number of rotatable bonds is 6. The molecule has 52 heavy (non-hydrogen) atoms. The van der Waals surface area contributed by atoms with Gasteiger partial charge >= 0.3 is 0 Å². The second-order valence-electron chi connectivity index (χ2n) is 14.6. The van der Waals surface area contributed by atoms with Gasteiger partial charge in [-0.15, -0.1) is 0 Å². The van der Waals surface area contributed by atoms with Crippen molar-refractivity contribution in [1.29, 1.82) is 0 Å². The lowest BCUT2D eigenvalue weighted by atomic mass is 9.85. The first kappa shape index (κ1) is 30.7. The van der Waals surface area contributed by atoms with Gasteiger partial charge in [-0.1, -0.05) is 158 Å². The lowest BCUT2D eigenvalue weighted by Crippen LogP contribution is -2.18. The monoisotopic (exact) mass is 665 g/mol. The van der Waals surface area contributed by atoms with Crippen molar-refractivity contribution in [3.8, 4) is 33.4 Å². The molecule has 248 valence electrons. The average molecular weight is 666 g/mol. The Labute approximate surface area is 306 Å². The van der Waals surface area contributed by atoms with E-state index in [0.717, 1.165) is 25.7 Å². The van der Waals surface area contributed by atoms with E-state index in [1.54, 1.807) is 0 Å². The van der Waals surface area contributed by atoms with Crippen LogP contribution in [0, 0.1) is 5.92 Å². The summed E-state index contributed by atoms with van der Waals surface area (Å²) in [4.78, 5) is 5.30. The maximum absolute atomic E-state index is 5.30. The standard InChI is InChI=1S/C51H39N/c1-4-12-34(13-5-1)41-26-27-42-30-48-45-19-11-10-18-44(45)47(33-49(48)46(42)29-41)36-22-20-35(21-23-36)39-24-25-40(28-39)43-31-50(37-14-6-2-7-15-37)52-51(32-43)38-16-8-3-9-17-38/h1-16,18-27,29,32-33,38,50H,17,28,30-31H2. The summed E-state index contributed by atoms with van der Waals surface area (Å²) in [5.41, 5.74) is 18.7. The van der Waals surface area contributed by atoms with E-state index in [1.165, 1.54) is 88.8 Å². The van der Waals surface area contributed by atoms with E-state index in [4.69, 9.17) is 4.99 Å². The highest BCUT2D eigenvalue weighted by atomic mass is 14.8. The summed E-state index contributed by atoms with van der Waals surface area (Å²) in [5, 5.41) is 2.69. The van der Waals surface area contributed by atoms with E-state index in [9.17, 15) is 0 Å². The van der Waals surface area contributed by atoms with E-state index >= 15 is 0 Å². The van der Waals surface area contributed by atoms with Crippen LogP contribution < -0.4 is 0 Å². The molecular weight excluding hydrogens is 627 g/mol. The SMILES string of the molecule is C1=CCC(C2=NC(c3ccccc3)CC(C3=CC=C(c4ccc(-c5cc6c(c7ccccc57)Cc5ccc(-c7ccccc7)cc5-6)cc4)C3)=C2)C=C1. The Morgan fingerprint density at radius 3 is 2.06 bits per heavy atom. The van der Waals surface area contributed by atoms with Gasteiger partial charge in [-0.25, -0.2) is 0 Å². The molecule has 1 heterocycles. The molecule has 4 aliphatic rings. The molecule has 0 amide bonds. The van der Waals surface area contributed by atoms with Crippen LogP contribution in [-0.4, -0.2) is 5.71 Å². The lowest BCUT2D eigenvalue weighted by Gasteiger charge is -2.26. The van der Waals surface area contributed by atoms with Gasteiger partial charge in [-0.2, -0.15) is 0 Å². The van der Waals surface area contributed by atoms with Gasteiger partial charge in [0.15, 0.2) is 0 Å². The molecule has 2 unspecified atom stereocenters. The van der Waals surface area contributed by atoms with Gasteiger partial charge in [0.2, 0.25) is 0 Å². The predicted octanol–water partition coefficient (Wildman–Crippen LogP) is 13.1. The summed E-state index contributed by atoms with van der Waals surface area (Å²) in [6.45, 7) is 0. The zero-order valence-electron chi connectivity index (χ0n) is 29.2. The zero-order chi connectivity index (χ0) is 34.4. The number of allylic oxidation sites excluding steroid dienone is 9. The summed E-state index contributed by atoms with van der Waals surface area (Å²) in [5.74, 6) is 0.336. The summed E-state index contributed by atoms with van der Waals surface area (Å²) in [6, 6.07) is 49.5. The summed E-state index contributed by atoms with van der Waals surface area (Å²) < 4.78 is 0. The van der Waals surface area contributed by atoms with E-state index in [1.807, 2.05) is 0 Å². The Morgan fingerprint density at radius 2 is 1.25 bits per heavy atom. The second kappa shape index (κ2) is 12.9. The molecule has 0 aromatic heterocycles. The number of hydrogen-bond donors (Lipinski definition) is 0. The van der Waals surface area contributed by atoms with E-state index in [2.05, 4.69) is 176 Å². The Balaban J connectivity index is 0.938. The maximum atomic E-state index is 5.30. The Kier molecular flexibility index (Phi) is 7.64. The van der Waals surface area contributed by atoms with Crippen molar-refractivity contribution in [3.63, 3.8) is 0 Å². The van der Waals surface area contributed by atoms with Crippen LogP contribution in [0.1, 0.15) is 47.6 Å². The number of hydrogen-bond acceptors (Lipinski definition) is 1. The highest BCUT2D eigenvalue weighted by molar-refractivity contribution is 6.05. The molecule has 0 saturated heterocycles. The third kappa shape index (κ3) is 5.54. The Bertz CT molecular complexity index is 2540. The topological polar surface area (TPSA) is 12.4 Å². The first-order chi connectivity index (χ1) is 25.7. The van der Waals surface area contributed by atoms with E-state index < -0.39 is 0 Å². The van der Waals surface area contributed by atoms with Gasteiger partial charge in [0.1, 0.15) is 0 Å². The zero-order valence-corrected chi connectivity index (χ0v) is 29.2. The van der Waals surface area contributed by atoms with Crippen LogP contribution in [0.4, 0.5) is 0 Å². The third-order valence-electron chi connectivity index (χ3n) is 11.5. The van der Waals surface area contributed by atoms with Gasteiger partial charge in [-0.05, 0) is 127 Å². The second-order valence-corrected chi connectivity index (χ2v) is 14.6. The molecule has 0 fully saturated rings. The minimum atomic E-state index is 0.152. The van der Waals surface area contributed by atoms with Crippen molar-refractivity contribution in [2.45, 2.75) is 31.7 Å². The molecule has 6 aromatic rings. The number of nitrogens with zero attached hydrogens (tertiary/aromatic N) is 1. The molecule has 0 saturated carbocycles. The van der Waals surface area contributed by atoms with Gasteiger partial charge in [0.05, 0.1) is 6.04 Å². The van der Waals surface area contributed by atoms with Gasteiger partial charge in [0.25, 0.3) is 0 Å². The molecule has 3 aliphatic carbocycles. The molecule has 1 heteroatoms. The quantitative estimate of drug-likeness (QED) is 0.168. The third-order valence-corrected chi connectivity index (χ3v) is 11.5. The largest absolute Gasteiger partial charge is 0.281 e. The fourth-order valence-electron chi connectivity index (χ4n) is 8.70. The van der Waals surface area contributed by atoms with Crippen LogP contribution in [0.25, 0.3) is 49.7 Å². The number of aliphatic imine (C=N–C) groups is 1. The molecule has 0 spiro atoms. The molecule has 1 nitrogen and oxygen atoms in total. The van der Waals surface area contributed by atoms with Crippen LogP contribution in [0.3, 0.4) is 0 Å². The molecule has 10 rings (SSSR count). The normalized spacial score (nSPS) is 18.8. The first-order valence-electron chi connectivity index (χ1n) is 18.7. The molecule has 0 bridgehead atoms. The fraction of sp³-hybridized carbons (Fsp3) is 0.118. The lowest BCUT2D eigenvalue weighted by molar-refractivity contribution is 0.696. The minimum Gasteiger partial charge on any atom is -0.281 e. The number of benzene rings is 6. The Hall–Kier alpha value is -6.05. The molecule has 0 radical (unpaired) electrons. The molecule has 2 atom stereocenters. The van der Waals surface area contributed by atoms with Crippen molar-refractivity contribution in [1.82, 2.24) is 0 Å². The van der Waals surface area contributed by atoms with Crippen LogP contribution >= 0.6 is 0 Å². The smallest absolute Gasteiger partial charge is 0.0792 e. The molecule has 6 aromatic carbocycles. The van der Waals surface area contributed by atoms with E-state index in [-0.39, 0.29) is 6.04 Å². The maximum Gasteiger partial charge on any atom is 0.0792 e. The van der Waals surface area contributed by atoms with Gasteiger partial charge in [-0.3, -0.25) is 4.99 Å². The Morgan fingerprint density at radius 1 is 0.519 bits per heavy atom. The van der Waals surface area contributed by atoms with Crippen LogP contribution in [0.5, 0.6) is 0 Å². The molecular formula is C51H39N. The summed E-state index contributed by atoms with van der Waals surface area (Å²) in [6.07, 6.45) is 19.8. The predicted molar refractivity (Wildman–Crippen MR) is 219 cm³/mol. The van der Waals surface area contributed by atoms with Crippen LogP contribution in [0.2, 0.25) is 0 Å². The highest BCUT2D eigenvalue weighted by Crippen LogP contribution is 2.46. The van der Waals surface area contributed by atoms with Crippen LogP contribution in [-0.2, 0) is 6.42 Å². The van der Waals surface area contributed by atoms with Crippen molar-refractivity contribution in [3.05, 3.63) is 209 Å². The van der Waals surface area contributed by atoms with Crippen LogP contribution in [0.15, 0.2) is 192 Å². The van der Waals surface area contributed by atoms with Crippen molar-refractivity contribution < 1.29 is 0 Å². The minimum absolute atomic E-state index is 0.152. The molecule has 1 aliphatic heterocycles. The number of dihydropyridines is 1. The summed E-state index contributed by atoms with van der Waals surface area (Å²) >= 11 is 0.